The molecule has 19 heavy (non-hydrogen) atoms. The zero-order valence-electron chi connectivity index (χ0n) is 9.32. The van der Waals surface area contributed by atoms with Crippen LogP contribution in [0.3, 0.4) is 0 Å². The Morgan fingerprint density at radius 3 is 2.58 bits per heavy atom. The van der Waals surface area contributed by atoms with Crippen LogP contribution in [0.5, 0.6) is 0 Å². The lowest BCUT2D eigenvalue weighted by atomic mass is 10.0. The molecule has 0 radical (unpaired) electrons. The Labute approximate surface area is 123 Å². The molecular formula is C11H8Cl3N3O2. The van der Waals surface area contributed by atoms with Crippen molar-refractivity contribution in [1.29, 1.82) is 0 Å². The maximum atomic E-state index is 11.2. The summed E-state index contributed by atoms with van der Waals surface area (Å²) in [6.45, 7) is 0. The molecule has 8 heteroatoms. The number of rotatable bonds is 2. The molecule has 0 saturated carbocycles. The first-order chi connectivity index (χ1) is 8.85. The van der Waals surface area contributed by atoms with E-state index in [0.29, 0.717) is 0 Å². The number of alkyl halides is 1. The van der Waals surface area contributed by atoms with Gasteiger partial charge in [0, 0.05) is 5.56 Å². The van der Waals surface area contributed by atoms with Crippen molar-refractivity contribution in [2.24, 2.45) is 10.7 Å². The average Bonchev–Trinajstić information content (AvgIpc) is 2.36. The summed E-state index contributed by atoms with van der Waals surface area (Å²) in [6, 6.07) is 6.13. The van der Waals surface area contributed by atoms with Gasteiger partial charge in [0.1, 0.15) is 16.0 Å². The number of halogens is 3. The molecule has 5 nitrogen and oxygen atoms in total. The second-order valence-electron chi connectivity index (χ2n) is 3.72. The number of aliphatic imine (C=N–C) groups is 1. The highest BCUT2D eigenvalue weighted by molar-refractivity contribution is 6.49. The number of nitrogens with two attached hydrogens (primary N) is 1. The Hall–Kier alpha value is -1.43. The highest BCUT2D eigenvalue weighted by Gasteiger charge is 2.37. The number of hydrogen-bond acceptors (Lipinski definition) is 4. The Morgan fingerprint density at radius 1 is 1.37 bits per heavy atom. The van der Waals surface area contributed by atoms with E-state index in [2.05, 4.69) is 10.3 Å². The molecule has 0 fully saturated rings. The molecule has 1 heterocycles. The summed E-state index contributed by atoms with van der Waals surface area (Å²) in [5.41, 5.74) is 5.82. The number of nitrogens with zero attached hydrogens (tertiary/aromatic N) is 1. The monoisotopic (exact) mass is 319 g/mol. The molecule has 1 aliphatic heterocycles. The van der Waals surface area contributed by atoms with Crippen LogP contribution in [0.1, 0.15) is 15.9 Å². The number of carbonyl (C=O) groups is 1. The highest BCUT2D eigenvalue weighted by atomic mass is 35.5. The summed E-state index contributed by atoms with van der Waals surface area (Å²) < 4.78 is 0. The van der Waals surface area contributed by atoms with Gasteiger partial charge in [-0.05, 0) is 6.07 Å². The zero-order valence-corrected chi connectivity index (χ0v) is 11.6. The molecule has 2 rings (SSSR count). The van der Waals surface area contributed by atoms with E-state index in [1.165, 1.54) is 12.1 Å². The molecular weight excluding hydrogens is 312 g/mol. The fraction of sp³-hybridized carbons (Fsp3) is 0.0909. The minimum Gasteiger partial charge on any atom is -0.478 e. The molecule has 0 aromatic heterocycles. The van der Waals surface area contributed by atoms with Crippen LogP contribution >= 0.6 is 34.8 Å². The summed E-state index contributed by atoms with van der Waals surface area (Å²) in [7, 11) is 0. The lowest BCUT2D eigenvalue weighted by Gasteiger charge is -2.30. The van der Waals surface area contributed by atoms with Crippen LogP contribution in [0.25, 0.3) is 0 Å². The van der Waals surface area contributed by atoms with Crippen molar-refractivity contribution in [2.75, 3.05) is 0 Å². The van der Waals surface area contributed by atoms with Gasteiger partial charge in [-0.1, -0.05) is 53.0 Å². The van der Waals surface area contributed by atoms with Crippen LogP contribution in [0, 0.1) is 0 Å². The van der Waals surface area contributed by atoms with E-state index >= 15 is 0 Å². The molecule has 0 amide bonds. The lowest BCUT2D eigenvalue weighted by Crippen LogP contribution is -2.41. The Morgan fingerprint density at radius 2 is 2.00 bits per heavy atom. The first kappa shape index (κ1) is 14.0. The van der Waals surface area contributed by atoms with E-state index in [4.69, 9.17) is 45.6 Å². The minimum absolute atomic E-state index is 0.00404. The third-order valence-corrected chi connectivity index (χ3v) is 3.63. The molecule has 1 aromatic rings. The topological polar surface area (TPSA) is 87.7 Å². The number of amidine groups is 1. The summed E-state index contributed by atoms with van der Waals surface area (Å²) in [5.74, 6) is -1.21. The van der Waals surface area contributed by atoms with Crippen molar-refractivity contribution < 1.29 is 9.90 Å². The number of nitrogens with one attached hydrogen (secondary N) is 1. The molecule has 1 aromatic carbocycles. The van der Waals surface area contributed by atoms with E-state index in [9.17, 15) is 4.79 Å². The minimum atomic E-state index is -1.60. The second kappa shape index (κ2) is 4.92. The van der Waals surface area contributed by atoms with Crippen molar-refractivity contribution in [1.82, 2.24) is 5.32 Å². The summed E-state index contributed by atoms with van der Waals surface area (Å²) in [6.07, 6.45) is 0. The van der Waals surface area contributed by atoms with Gasteiger partial charge in [0.25, 0.3) is 0 Å². The van der Waals surface area contributed by atoms with Gasteiger partial charge >= 0.3 is 5.97 Å². The summed E-state index contributed by atoms with van der Waals surface area (Å²) >= 11 is 17.9. The summed E-state index contributed by atoms with van der Waals surface area (Å²) in [4.78, 5) is 15.2. The van der Waals surface area contributed by atoms with Crippen LogP contribution < -0.4 is 11.1 Å². The SMILES string of the molecule is NC1=NC(Cl)(c2ccccc2C(=O)O)NC(Cl)=C1Cl. The van der Waals surface area contributed by atoms with Crippen LogP contribution in [0.2, 0.25) is 0 Å². The third-order valence-electron chi connectivity index (χ3n) is 2.48. The van der Waals surface area contributed by atoms with Crippen molar-refractivity contribution in [3.05, 3.63) is 45.6 Å². The van der Waals surface area contributed by atoms with Gasteiger partial charge in [0.05, 0.1) is 5.56 Å². The molecule has 1 unspecified atom stereocenters. The molecule has 1 atom stereocenters. The van der Waals surface area contributed by atoms with Gasteiger partial charge in [-0.3, -0.25) is 0 Å². The van der Waals surface area contributed by atoms with E-state index in [1.807, 2.05) is 0 Å². The van der Waals surface area contributed by atoms with Gasteiger partial charge in [-0.25, -0.2) is 9.79 Å². The maximum absolute atomic E-state index is 11.2. The number of carboxylic acid groups (broad SMARTS) is 1. The normalized spacial score (nSPS) is 22.8. The Balaban J connectivity index is 2.57. The molecule has 0 spiro atoms. The molecule has 100 valence electrons. The zero-order chi connectivity index (χ0) is 14.2. The van der Waals surface area contributed by atoms with E-state index < -0.39 is 11.1 Å². The van der Waals surface area contributed by atoms with E-state index in [1.54, 1.807) is 12.1 Å². The number of carboxylic acids is 1. The average molecular weight is 321 g/mol. The largest absolute Gasteiger partial charge is 0.478 e. The van der Waals surface area contributed by atoms with E-state index in [0.717, 1.165) is 0 Å². The molecule has 0 bridgehead atoms. The lowest BCUT2D eigenvalue weighted by molar-refractivity contribution is 0.0694. The van der Waals surface area contributed by atoms with Crippen LogP contribution in [-0.4, -0.2) is 16.9 Å². The maximum Gasteiger partial charge on any atom is 0.336 e. The van der Waals surface area contributed by atoms with Gasteiger partial charge in [-0.2, -0.15) is 0 Å². The van der Waals surface area contributed by atoms with Gasteiger partial charge in [0.15, 0.2) is 0 Å². The smallest absolute Gasteiger partial charge is 0.336 e. The predicted molar refractivity (Wildman–Crippen MR) is 74.4 cm³/mol. The Kier molecular flexibility index (Phi) is 3.62. The molecule has 0 saturated heterocycles. The number of aromatic carboxylic acids is 1. The van der Waals surface area contributed by atoms with Gasteiger partial charge in [0.2, 0.25) is 5.12 Å². The van der Waals surface area contributed by atoms with Crippen LogP contribution in [-0.2, 0) is 5.12 Å². The number of hydrogen-bond donors (Lipinski definition) is 3. The van der Waals surface area contributed by atoms with Gasteiger partial charge in [-0.15, -0.1) is 0 Å². The predicted octanol–water partition coefficient (Wildman–Crippen LogP) is 2.34. The van der Waals surface area contributed by atoms with Crippen molar-refractivity contribution in [2.45, 2.75) is 5.12 Å². The fourth-order valence-corrected chi connectivity index (χ4v) is 2.36. The Bertz CT molecular complexity index is 615. The van der Waals surface area contributed by atoms with Crippen molar-refractivity contribution >= 4 is 46.6 Å². The van der Waals surface area contributed by atoms with Crippen molar-refractivity contribution in [3.63, 3.8) is 0 Å². The fourth-order valence-electron chi connectivity index (χ4n) is 1.64. The molecule has 4 N–H and O–H groups in total. The quantitative estimate of drug-likeness (QED) is 0.576. The second-order valence-corrected chi connectivity index (χ2v) is 5.03. The molecule has 0 aliphatic carbocycles. The first-order valence-corrected chi connectivity index (χ1v) is 6.19. The first-order valence-electron chi connectivity index (χ1n) is 5.06. The van der Waals surface area contributed by atoms with Crippen LogP contribution in [0.15, 0.2) is 39.4 Å². The van der Waals surface area contributed by atoms with E-state index in [-0.39, 0.29) is 27.2 Å². The highest BCUT2D eigenvalue weighted by Crippen LogP contribution is 2.36. The molecule has 1 aliphatic rings. The standard InChI is InChI=1S/C11H8Cl3N3O2/c12-7-8(13)16-11(14,17-9(7)15)6-4-2-1-3-5(6)10(18)19/h1-4,16H,(H2,15,17)(H,18,19). The van der Waals surface area contributed by atoms with Crippen LogP contribution in [0.4, 0.5) is 0 Å². The number of benzene rings is 1. The third kappa shape index (κ3) is 2.49. The summed E-state index contributed by atoms with van der Waals surface area (Å²) in [5, 5.41) is 10.2. The van der Waals surface area contributed by atoms with Crippen molar-refractivity contribution in [3.8, 4) is 0 Å². The van der Waals surface area contributed by atoms with Gasteiger partial charge < -0.3 is 16.2 Å².